The summed E-state index contributed by atoms with van der Waals surface area (Å²) in [6, 6.07) is 4.33. The minimum atomic E-state index is -2.93. The van der Waals surface area contributed by atoms with E-state index < -0.39 is 21.6 Å². The average Bonchev–Trinajstić information content (AvgIpc) is 2.38. The van der Waals surface area contributed by atoms with E-state index in [-0.39, 0.29) is 11.5 Å². The van der Waals surface area contributed by atoms with Gasteiger partial charge in [0.05, 0.1) is 11.5 Å². The van der Waals surface area contributed by atoms with Gasteiger partial charge in [-0.15, -0.1) is 0 Å². The number of aliphatic carboxylic acids is 1. The highest BCUT2D eigenvalue weighted by atomic mass is 32.2. The second kappa shape index (κ2) is 6.36. The third-order valence-electron chi connectivity index (χ3n) is 3.24. The molecule has 0 spiro atoms. The van der Waals surface area contributed by atoms with E-state index in [0.29, 0.717) is 30.8 Å². The summed E-state index contributed by atoms with van der Waals surface area (Å²) in [5, 5.41) is 8.58. The SMILES string of the molecule is O=C(O)C=Cc1cc(F)cc(CN2CCS(=O)(=O)CC2)c1. The summed E-state index contributed by atoms with van der Waals surface area (Å²) in [5.41, 5.74) is 1.16. The van der Waals surface area contributed by atoms with Crippen LogP contribution < -0.4 is 0 Å². The van der Waals surface area contributed by atoms with Crippen molar-refractivity contribution >= 4 is 21.9 Å². The van der Waals surface area contributed by atoms with Crippen LogP contribution in [-0.2, 0) is 21.2 Å². The Morgan fingerprint density at radius 2 is 1.95 bits per heavy atom. The van der Waals surface area contributed by atoms with E-state index in [0.717, 1.165) is 6.08 Å². The Morgan fingerprint density at radius 1 is 1.29 bits per heavy atom. The normalized spacial score (nSPS) is 18.9. The van der Waals surface area contributed by atoms with Crippen molar-refractivity contribution in [1.82, 2.24) is 4.90 Å². The molecule has 0 unspecified atom stereocenters. The molecule has 21 heavy (non-hydrogen) atoms. The second-order valence-electron chi connectivity index (χ2n) is 4.99. The molecule has 1 heterocycles. The molecule has 0 aliphatic carbocycles. The number of sulfone groups is 1. The number of carboxylic acid groups (broad SMARTS) is 1. The fraction of sp³-hybridized carbons (Fsp3) is 0.357. The van der Waals surface area contributed by atoms with Gasteiger partial charge < -0.3 is 5.11 Å². The van der Waals surface area contributed by atoms with E-state index in [1.54, 1.807) is 6.07 Å². The van der Waals surface area contributed by atoms with Crippen molar-refractivity contribution < 1.29 is 22.7 Å². The van der Waals surface area contributed by atoms with Crippen LogP contribution in [0.15, 0.2) is 24.3 Å². The number of nitrogens with zero attached hydrogens (tertiary/aromatic N) is 1. The summed E-state index contributed by atoms with van der Waals surface area (Å²) in [4.78, 5) is 12.4. The van der Waals surface area contributed by atoms with Crippen molar-refractivity contribution in [3.63, 3.8) is 0 Å². The van der Waals surface area contributed by atoms with Crippen molar-refractivity contribution in [1.29, 1.82) is 0 Å². The number of hydrogen-bond acceptors (Lipinski definition) is 4. The van der Waals surface area contributed by atoms with Crippen LogP contribution in [-0.4, -0.2) is 49.0 Å². The zero-order valence-corrected chi connectivity index (χ0v) is 12.1. The topological polar surface area (TPSA) is 74.7 Å². The molecule has 0 radical (unpaired) electrons. The summed E-state index contributed by atoms with van der Waals surface area (Å²) in [7, 11) is -2.93. The minimum Gasteiger partial charge on any atom is -0.478 e. The lowest BCUT2D eigenvalue weighted by Crippen LogP contribution is -2.39. The van der Waals surface area contributed by atoms with Gasteiger partial charge in [-0.3, -0.25) is 4.90 Å². The molecule has 1 aromatic rings. The van der Waals surface area contributed by atoms with Crippen molar-refractivity contribution in [2.75, 3.05) is 24.6 Å². The summed E-state index contributed by atoms with van der Waals surface area (Å²) in [5.74, 6) is -1.30. The summed E-state index contributed by atoms with van der Waals surface area (Å²) in [6.45, 7) is 1.31. The Labute approximate surface area is 122 Å². The van der Waals surface area contributed by atoms with Gasteiger partial charge >= 0.3 is 5.97 Å². The van der Waals surface area contributed by atoms with Gasteiger partial charge in [0.15, 0.2) is 9.84 Å². The van der Waals surface area contributed by atoms with E-state index in [1.807, 2.05) is 4.90 Å². The van der Waals surface area contributed by atoms with Gasteiger partial charge in [0, 0.05) is 25.7 Å². The molecule has 0 saturated carbocycles. The smallest absolute Gasteiger partial charge is 0.328 e. The molecule has 1 fully saturated rings. The highest BCUT2D eigenvalue weighted by molar-refractivity contribution is 7.91. The summed E-state index contributed by atoms with van der Waals surface area (Å²) in [6.07, 6.45) is 2.28. The Morgan fingerprint density at radius 3 is 2.57 bits per heavy atom. The van der Waals surface area contributed by atoms with Gasteiger partial charge in [0.2, 0.25) is 0 Å². The number of carbonyl (C=O) groups is 1. The first-order valence-electron chi connectivity index (χ1n) is 6.47. The minimum absolute atomic E-state index is 0.119. The molecular weight excluding hydrogens is 297 g/mol. The largest absolute Gasteiger partial charge is 0.478 e. The Hall–Kier alpha value is -1.73. The molecule has 2 rings (SSSR count). The first-order valence-corrected chi connectivity index (χ1v) is 8.29. The third-order valence-corrected chi connectivity index (χ3v) is 4.85. The van der Waals surface area contributed by atoms with Gasteiger partial charge in [0.1, 0.15) is 5.82 Å². The molecule has 0 aromatic heterocycles. The molecule has 1 N–H and O–H groups in total. The number of halogens is 1. The first-order chi connectivity index (χ1) is 9.84. The number of benzene rings is 1. The Bertz CT molecular complexity index is 656. The predicted octanol–water partition coefficient (Wildman–Crippen LogP) is 1.15. The van der Waals surface area contributed by atoms with Gasteiger partial charge in [-0.1, -0.05) is 6.07 Å². The van der Waals surface area contributed by atoms with Crippen LogP contribution >= 0.6 is 0 Å². The second-order valence-corrected chi connectivity index (χ2v) is 7.30. The Kier molecular flexibility index (Phi) is 4.74. The number of rotatable bonds is 4. The molecule has 5 nitrogen and oxygen atoms in total. The monoisotopic (exact) mass is 313 g/mol. The van der Waals surface area contributed by atoms with E-state index >= 15 is 0 Å². The van der Waals surface area contributed by atoms with Crippen LogP contribution in [0.1, 0.15) is 11.1 Å². The Balaban J connectivity index is 2.08. The van der Waals surface area contributed by atoms with Gasteiger partial charge in [0.25, 0.3) is 0 Å². The van der Waals surface area contributed by atoms with Crippen LogP contribution in [0, 0.1) is 5.82 Å². The van der Waals surface area contributed by atoms with Crippen LogP contribution in [0.2, 0.25) is 0 Å². The van der Waals surface area contributed by atoms with E-state index in [4.69, 9.17) is 5.11 Å². The lowest BCUT2D eigenvalue weighted by atomic mass is 10.1. The van der Waals surface area contributed by atoms with Crippen LogP contribution in [0.3, 0.4) is 0 Å². The van der Waals surface area contributed by atoms with Crippen molar-refractivity contribution in [2.45, 2.75) is 6.54 Å². The van der Waals surface area contributed by atoms with Crippen LogP contribution in [0.4, 0.5) is 4.39 Å². The summed E-state index contributed by atoms with van der Waals surface area (Å²) >= 11 is 0. The fourth-order valence-electron chi connectivity index (χ4n) is 2.20. The first kappa shape index (κ1) is 15.7. The van der Waals surface area contributed by atoms with Crippen LogP contribution in [0.25, 0.3) is 6.08 Å². The average molecular weight is 313 g/mol. The molecule has 0 bridgehead atoms. The highest BCUT2D eigenvalue weighted by Crippen LogP contribution is 2.15. The third kappa shape index (κ3) is 4.95. The van der Waals surface area contributed by atoms with Crippen molar-refractivity contribution in [2.24, 2.45) is 0 Å². The maximum Gasteiger partial charge on any atom is 0.328 e. The molecular formula is C14H16FNO4S. The van der Waals surface area contributed by atoms with E-state index in [9.17, 15) is 17.6 Å². The molecule has 0 amide bonds. The molecule has 1 saturated heterocycles. The molecule has 114 valence electrons. The zero-order valence-electron chi connectivity index (χ0n) is 11.3. The van der Waals surface area contributed by atoms with E-state index in [1.165, 1.54) is 18.2 Å². The summed E-state index contributed by atoms with van der Waals surface area (Å²) < 4.78 is 36.2. The zero-order chi connectivity index (χ0) is 15.5. The molecule has 0 atom stereocenters. The predicted molar refractivity (Wildman–Crippen MR) is 77.0 cm³/mol. The maximum absolute atomic E-state index is 13.5. The van der Waals surface area contributed by atoms with Crippen molar-refractivity contribution in [3.8, 4) is 0 Å². The fourth-order valence-corrected chi connectivity index (χ4v) is 3.47. The van der Waals surface area contributed by atoms with Crippen LogP contribution in [0.5, 0.6) is 0 Å². The van der Waals surface area contributed by atoms with E-state index in [2.05, 4.69) is 0 Å². The number of hydrogen-bond donors (Lipinski definition) is 1. The standard InChI is InChI=1S/C14H16FNO4S/c15-13-8-11(1-2-14(17)18)7-12(9-13)10-16-3-5-21(19,20)6-4-16/h1-2,7-9H,3-6,10H2,(H,17,18). The quantitative estimate of drug-likeness (QED) is 0.844. The van der Waals surface area contributed by atoms with Gasteiger partial charge in [-0.25, -0.2) is 17.6 Å². The van der Waals surface area contributed by atoms with Gasteiger partial charge in [-0.2, -0.15) is 0 Å². The molecule has 7 heteroatoms. The molecule has 1 aromatic carbocycles. The lowest BCUT2D eigenvalue weighted by molar-refractivity contribution is -0.131. The van der Waals surface area contributed by atoms with Crippen molar-refractivity contribution in [3.05, 3.63) is 41.2 Å². The molecule has 1 aliphatic rings. The number of carboxylic acids is 1. The molecule has 1 aliphatic heterocycles. The maximum atomic E-state index is 13.5. The highest BCUT2D eigenvalue weighted by Gasteiger charge is 2.21. The van der Waals surface area contributed by atoms with Gasteiger partial charge in [-0.05, 0) is 29.3 Å². The lowest BCUT2D eigenvalue weighted by Gasteiger charge is -2.26.